The van der Waals surface area contributed by atoms with Crippen LogP contribution < -0.4 is 4.74 Å². The number of phenols is 2. The van der Waals surface area contributed by atoms with Crippen LogP contribution in [0.25, 0.3) is 0 Å². The fraction of sp³-hybridized carbons (Fsp3) is 0.188. The molecule has 108 valence electrons. The van der Waals surface area contributed by atoms with E-state index in [9.17, 15) is 15.0 Å². The Balaban J connectivity index is 2.13. The summed E-state index contributed by atoms with van der Waals surface area (Å²) in [6.07, 6.45) is -0.273. The summed E-state index contributed by atoms with van der Waals surface area (Å²) in [7, 11) is 0. The van der Waals surface area contributed by atoms with Crippen molar-refractivity contribution in [1.29, 1.82) is 0 Å². The molecule has 0 saturated heterocycles. The van der Waals surface area contributed by atoms with Gasteiger partial charge in [-0.05, 0) is 28.4 Å². The molecule has 3 rings (SSSR count). The predicted molar refractivity (Wildman–Crippen MR) is 81.0 cm³/mol. The van der Waals surface area contributed by atoms with Gasteiger partial charge in [0.15, 0.2) is 11.5 Å². The van der Waals surface area contributed by atoms with Crippen LogP contribution >= 0.6 is 15.9 Å². The minimum Gasteiger partial charge on any atom is -0.507 e. The highest BCUT2D eigenvalue weighted by Gasteiger charge is 2.34. The molecule has 2 aromatic rings. The van der Waals surface area contributed by atoms with Crippen LogP contribution in [0.1, 0.15) is 34.0 Å². The van der Waals surface area contributed by atoms with Crippen LogP contribution in [-0.2, 0) is 0 Å². The largest absolute Gasteiger partial charge is 0.507 e. The van der Waals surface area contributed by atoms with Crippen molar-refractivity contribution < 1.29 is 19.7 Å². The summed E-state index contributed by atoms with van der Waals surface area (Å²) in [4.78, 5) is 12.4. The van der Waals surface area contributed by atoms with Gasteiger partial charge >= 0.3 is 0 Å². The average molecular weight is 349 g/mol. The van der Waals surface area contributed by atoms with Crippen molar-refractivity contribution in [2.75, 3.05) is 0 Å². The lowest BCUT2D eigenvalue weighted by Gasteiger charge is -2.28. The van der Waals surface area contributed by atoms with E-state index in [0.29, 0.717) is 4.47 Å². The number of rotatable bonds is 1. The maximum Gasteiger partial charge on any atom is 0.174 e. The molecule has 0 bridgehead atoms. The first-order chi connectivity index (χ1) is 10.0. The zero-order valence-electron chi connectivity index (χ0n) is 11.3. The molecule has 0 amide bonds. The first-order valence-corrected chi connectivity index (χ1v) is 7.28. The second kappa shape index (κ2) is 5.07. The van der Waals surface area contributed by atoms with Gasteiger partial charge in [0.25, 0.3) is 0 Å². The monoisotopic (exact) mass is 348 g/mol. The molecule has 1 aliphatic heterocycles. The smallest absolute Gasteiger partial charge is 0.174 e. The normalized spacial score (nSPS) is 17.2. The minimum atomic E-state index is -0.427. The Morgan fingerprint density at radius 2 is 1.86 bits per heavy atom. The summed E-state index contributed by atoms with van der Waals surface area (Å²) >= 11 is 3.24. The van der Waals surface area contributed by atoms with Crippen molar-refractivity contribution in [1.82, 2.24) is 0 Å². The number of halogens is 1. The standard InChI is InChI=1S/C16H13BrO4/c1-8-14(19)12-10(18)7-11(9-5-3-2-4-6-9)21-16(12)13(17)15(8)20/h2-6,11,19-20H,7H2,1H3. The van der Waals surface area contributed by atoms with Crippen LogP contribution in [0, 0.1) is 6.92 Å². The van der Waals surface area contributed by atoms with E-state index in [1.54, 1.807) is 6.92 Å². The van der Waals surface area contributed by atoms with Gasteiger partial charge in [0.2, 0.25) is 0 Å². The third-order valence-electron chi connectivity index (χ3n) is 3.66. The lowest BCUT2D eigenvalue weighted by atomic mass is 9.94. The molecule has 0 aliphatic carbocycles. The molecule has 0 aromatic heterocycles. The van der Waals surface area contributed by atoms with Crippen LogP contribution in [0.5, 0.6) is 17.2 Å². The van der Waals surface area contributed by atoms with Gasteiger partial charge in [0, 0.05) is 5.56 Å². The van der Waals surface area contributed by atoms with Gasteiger partial charge in [-0.1, -0.05) is 30.3 Å². The van der Waals surface area contributed by atoms with Crippen LogP contribution in [0.15, 0.2) is 34.8 Å². The maximum absolute atomic E-state index is 12.4. The molecular formula is C16H13BrO4. The summed E-state index contributed by atoms with van der Waals surface area (Å²) in [5.74, 6) is -0.345. The number of benzene rings is 2. The Morgan fingerprint density at radius 3 is 2.52 bits per heavy atom. The number of Topliss-reactive ketones (excluding diaryl/α,β-unsaturated/α-hetero) is 1. The Kier molecular flexibility index (Phi) is 3.37. The lowest BCUT2D eigenvalue weighted by molar-refractivity contribution is 0.0842. The predicted octanol–water partition coefficient (Wildman–Crippen LogP) is 3.88. The summed E-state index contributed by atoms with van der Waals surface area (Å²) in [6.45, 7) is 1.55. The Labute approximate surface area is 130 Å². The molecule has 1 heterocycles. The number of aromatic hydroxyl groups is 2. The fourth-order valence-electron chi connectivity index (χ4n) is 2.47. The SMILES string of the molecule is Cc1c(O)c(Br)c2c(c1O)C(=O)CC(c1ccccc1)O2. The molecule has 1 aliphatic rings. The number of hydrogen-bond donors (Lipinski definition) is 2. The van der Waals surface area contributed by atoms with E-state index in [4.69, 9.17) is 4.74 Å². The summed E-state index contributed by atoms with van der Waals surface area (Å²) in [5.41, 5.74) is 1.27. The van der Waals surface area contributed by atoms with E-state index >= 15 is 0 Å². The zero-order chi connectivity index (χ0) is 15.1. The van der Waals surface area contributed by atoms with E-state index < -0.39 is 6.10 Å². The highest BCUT2D eigenvalue weighted by Crippen LogP contribution is 2.49. The third-order valence-corrected chi connectivity index (χ3v) is 4.40. The highest BCUT2D eigenvalue weighted by molar-refractivity contribution is 9.10. The van der Waals surface area contributed by atoms with Crippen LogP contribution in [0.4, 0.5) is 0 Å². The van der Waals surface area contributed by atoms with E-state index in [1.165, 1.54) is 0 Å². The molecule has 1 atom stereocenters. The van der Waals surface area contributed by atoms with Gasteiger partial charge in [-0.3, -0.25) is 4.79 Å². The van der Waals surface area contributed by atoms with Crippen LogP contribution in [0.2, 0.25) is 0 Å². The molecular weight excluding hydrogens is 336 g/mol. The molecule has 2 N–H and O–H groups in total. The van der Waals surface area contributed by atoms with Crippen molar-refractivity contribution in [2.45, 2.75) is 19.4 Å². The molecule has 0 saturated carbocycles. The average Bonchev–Trinajstić information content (AvgIpc) is 2.51. The van der Waals surface area contributed by atoms with Gasteiger partial charge in [-0.2, -0.15) is 0 Å². The number of ether oxygens (including phenoxy) is 1. The number of fused-ring (bicyclic) bond motifs is 1. The van der Waals surface area contributed by atoms with E-state index in [-0.39, 0.29) is 40.6 Å². The molecule has 4 nitrogen and oxygen atoms in total. The van der Waals surface area contributed by atoms with Gasteiger partial charge in [-0.25, -0.2) is 0 Å². The molecule has 0 radical (unpaired) electrons. The van der Waals surface area contributed by atoms with Crippen molar-refractivity contribution in [3.8, 4) is 17.2 Å². The van der Waals surface area contributed by atoms with E-state index in [0.717, 1.165) is 5.56 Å². The minimum absolute atomic E-state index is 0.118. The van der Waals surface area contributed by atoms with Crippen molar-refractivity contribution in [2.24, 2.45) is 0 Å². The van der Waals surface area contributed by atoms with Crippen molar-refractivity contribution >= 4 is 21.7 Å². The molecule has 21 heavy (non-hydrogen) atoms. The summed E-state index contributed by atoms with van der Waals surface area (Å²) in [5, 5.41) is 20.1. The van der Waals surface area contributed by atoms with Crippen molar-refractivity contribution in [3.05, 3.63) is 51.5 Å². The quantitative estimate of drug-likeness (QED) is 0.820. The van der Waals surface area contributed by atoms with Gasteiger partial charge < -0.3 is 14.9 Å². The fourth-order valence-corrected chi connectivity index (χ4v) is 3.06. The lowest BCUT2D eigenvalue weighted by Crippen LogP contribution is -2.21. The van der Waals surface area contributed by atoms with Gasteiger partial charge in [-0.15, -0.1) is 0 Å². The summed E-state index contributed by atoms with van der Waals surface area (Å²) in [6, 6.07) is 9.39. The van der Waals surface area contributed by atoms with Crippen LogP contribution in [0.3, 0.4) is 0 Å². The second-order valence-corrected chi connectivity index (χ2v) is 5.78. The highest BCUT2D eigenvalue weighted by atomic mass is 79.9. The zero-order valence-corrected chi connectivity index (χ0v) is 12.8. The number of hydrogen-bond acceptors (Lipinski definition) is 4. The Bertz CT molecular complexity index is 725. The number of carbonyl (C=O) groups is 1. The number of ketones is 1. The van der Waals surface area contributed by atoms with Crippen molar-refractivity contribution in [3.63, 3.8) is 0 Å². The first kappa shape index (κ1) is 13.9. The third kappa shape index (κ3) is 2.17. The molecule has 5 heteroatoms. The maximum atomic E-state index is 12.4. The van der Waals surface area contributed by atoms with Gasteiger partial charge in [0.05, 0.1) is 6.42 Å². The van der Waals surface area contributed by atoms with E-state index in [1.807, 2.05) is 30.3 Å². The molecule has 1 unspecified atom stereocenters. The Hall–Kier alpha value is -2.01. The molecule has 0 spiro atoms. The first-order valence-electron chi connectivity index (χ1n) is 6.49. The summed E-state index contributed by atoms with van der Waals surface area (Å²) < 4.78 is 6.14. The molecule has 2 aromatic carbocycles. The van der Waals surface area contributed by atoms with Crippen LogP contribution in [-0.4, -0.2) is 16.0 Å². The number of carbonyl (C=O) groups excluding carboxylic acids is 1. The Morgan fingerprint density at radius 1 is 1.19 bits per heavy atom. The van der Waals surface area contributed by atoms with Gasteiger partial charge in [0.1, 0.15) is 27.6 Å². The number of phenolic OH excluding ortho intramolecular Hbond substituents is 2. The molecule has 0 fully saturated rings. The topological polar surface area (TPSA) is 66.8 Å². The van der Waals surface area contributed by atoms with E-state index in [2.05, 4.69) is 15.9 Å². The second-order valence-electron chi connectivity index (χ2n) is 4.98.